The molecule has 3 saturated heterocycles. The summed E-state index contributed by atoms with van der Waals surface area (Å²) in [6.07, 6.45) is 5.87. The van der Waals surface area contributed by atoms with Gasteiger partial charge in [-0.1, -0.05) is 0 Å². The Kier molecular flexibility index (Phi) is 6.11. The second-order valence-electron chi connectivity index (χ2n) is 8.14. The molecule has 0 aromatic heterocycles. The van der Waals surface area contributed by atoms with Crippen molar-refractivity contribution in [1.82, 2.24) is 14.7 Å². The standard InChI is InChI=1S/C22H31N3O4/c1-28-18-6-7-19(21(26)23-10-2-3-11-23)20(16-18)29-17-8-14-25(15-9-17)22(27)24-12-4-5-13-24/h6-7,16-17H,2-5,8-15H2,1H3. The van der Waals surface area contributed by atoms with Gasteiger partial charge in [-0.3, -0.25) is 4.79 Å². The van der Waals surface area contributed by atoms with Gasteiger partial charge in [0.1, 0.15) is 17.6 Å². The summed E-state index contributed by atoms with van der Waals surface area (Å²) < 4.78 is 11.6. The molecule has 29 heavy (non-hydrogen) atoms. The van der Waals surface area contributed by atoms with Crippen LogP contribution in [0.5, 0.6) is 11.5 Å². The highest BCUT2D eigenvalue weighted by Gasteiger charge is 2.30. The maximum absolute atomic E-state index is 12.9. The van der Waals surface area contributed by atoms with Crippen LogP contribution in [0.1, 0.15) is 48.9 Å². The van der Waals surface area contributed by atoms with E-state index in [1.54, 1.807) is 13.2 Å². The molecule has 0 radical (unpaired) electrons. The maximum atomic E-state index is 12.9. The molecular formula is C22H31N3O4. The van der Waals surface area contributed by atoms with E-state index in [2.05, 4.69) is 0 Å². The van der Waals surface area contributed by atoms with Crippen LogP contribution in [-0.2, 0) is 0 Å². The Hall–Kier alpha value is -2.44. The van der Waals surface area contributed by atoms with Crippen molar-refractivity contribution in [3.63, 3.8) is 0 Å². The summed E-state index contributed by atoms with van der Waals surface area (Å²) in [5, 5.41) is 0. The predicted molar refractivity (Wildman–Crippen MR) is 110 cm³/mol. The first-order valence-corrected chi connectivity index (χ1v) is 10.8. The first-order valence-electron chi connectivity index (χ1n) is 10.8. The minimum Gasteiger partial charge on any atom is -0.497 e. The quantitative estimate of drug-likeness (QED) is 0.778. The van der Waals surface area contributed by atoms with Crippen LogP contribution in [0.3, 0.4) is 0 Å². The molecule has 3 fully saturated rings. The number of likely N-dealkylation sites (tertiary alicyclic amines) is 3. The van der Waals surface area contributed by atoms with E-state index in [4.69, 9.17) is 9.47 Å². The predicted octanol–water partition coefficient (Wildman–Crippen LogP) is 2.99. The number of ether oxygens (including phenoxy) is 2. The van der Waals surface area contributed by atoms with Gasteiger partial charge in [0.05, 0.1) is 12.7 Å². The molecule has 3 amide bonds. The molecule has 0 N–H and O–H groups in total. The van der Waals surface area contributed by atoms with Crippen molar-refractivity contribution in [3.05, 3.63) is 23.8 Å². The Morgan fingerprint density at radius 1 is 0.862 bits per heavy atom. The SMILES string of the molecule is COc1ccc(C(=O)N2CCCC2)c(OC2CCN(C(=O)N3CCCC3)CC2)c1. The number of piperidine rings is 1. The Morgan fingerprint density at radius 3 is 2.07 bits per heavy atom. The fourth-order valence-electron chi connectivity index (χ4n) is 4.45. The van der Waals surface area contributed by atoms with Gasteiger partial charge in [-0.25, -0.2) is 4.79 Å². The molecule has 0 aliphatic carbocycles. The van der Waals surface area contributed by atoms with Crippen LogP contribution in [0.15, 0.2) is 18.2 Å². The molecule has 3 aliphatic rings. The summed E-state index contributed by atoms with van der Waals surface area (Å²) in [7, 11) is 1.61. The number of rotatable bonds is 4. The number of carbonyl (C=O) groups excluding carboxylic acids is 2. The van der Waals surface area contributed by atoms with E-state index in [0.717, 1.165) is 64.7 Å². The summed E-state index contributed by atoms with van der Waals surface area (Å²) in [6.45, 7) is 4.75. The third kappa shape index (κ3) is 4.43. The molecule has 7 heteroatoms. The number of nitrogens with zero attached hydrogens (tertiary/aromatic N) is 3. The lowest BCUT2D eigenvalue weighted by molar-refractivity contribution is 0.0771. The minimum absolute atomic E-state index is 0.00476. The van der Waals surface area contributed by atoms with Gasteiger partial charge in [0, 0.05) is 58.2 Å². The third-order valence-corrected chi connectivity index (χ3v) is 6.20. The molecule has 158 valence electrons. The lowest BCUT2D eigenvalue weighted by atomic mass is 10.1. The average Bonchev–Trinajstić information content (AvgIpc) is 3.47. The Morgan fingerprint density at radius 2 is 1.45 bits per heavy atom. The lowest BCUT2D eigenvalue weighted by Gasteiger charge is -2.34. The van der Waals surface area contributed by atoms with Gasteiger partial charge in [-0.05, 0) is 37.8 Å². The summed E-state index contributed by atoms with van der Waals surface area (Å²) in [6, 6.07) is 5.59. The molecule has 4 rings (SSSR count). The summed E-state index contributed by atoms with van der Waals surface area (Å²) in [5.41, 5.74) is 0.600. The number of amides is 3. The minimum atomic E-state index is -0.00476. The van der Waals surface area contributed by atoms with Crippen LogP contribution in [0.25, 0.3) is 0 Å². The van der Waals surface area contributed by atoms with Crippen LogP contribution in [0.4, 0.5) is 4.79 Å². The van der Waals surface area contributed by atoms with E-state index in [-0.39, 0.29) is 18.0 Å². The molecule has 3 heterocycles. The molecule has 1 aromatic carbocycles. The normalized spacial score (nSPS) is 20.2. The molecule has 0 bridgehead atoms. The van der Waals surface area contributed by atoms with Crippen molar-refractivity contribution in [2.24, 2.45) is 0 Å². The Bertz CT molecular complexity index is 734. The van der Waals surface area contributed by atoms with Crippen molar-refractivity contribution >= 4 is 11.9 Å². The first-order chi connectivity index (χ1) is 14.2. The number of hydrogen-bond donors (Lipinski definition) is 0. The van der Waals surface area contributed by atoms with Crippen LogP contribution in [0, 0.1) is 0 Å². The van der Waals surface area contributed by atoms with Crippen molar-refractivity contribution < 1.29 is 19.1 Å². The van der Waals surface area contributed by atoms with Crippen molar-refractivity contribution in [1.29, 1.82) is 0 Å². The van der Waals surface area contributed by atoms with Gasteiger partial charge in [0.25, 0.3) is 5.91 Å². The van der Waals surface area contributed by atoms with Gasteiger partial charge in [0.2, 0.25) is 0 Å². The van der Waals surface area contributed by atoms with Crippen LogP contribution >= 0.6 is 0 Å². The molecular weight excluding hydrogens is 370 g/mol. The largest absolute Gasteiger partial charge is 0.497 e. The molecule has 0 atom stereocenters. The summed E-state index contributed by atoms with van der Waals surface area (Å²) in [4.78, 5) is 31.3. The zero-order chi connectivity index (χ0) is 20.2. The van der Waals surface area contributed by atoms with Gasteiger partial charge < -0.3 is 24.2 Å². The second kappa shape index (κ2) is 8.93. The maximum Gasteiger partial charge on any atom is 0.320 e. The monoisotopic (exact) mass is 401 g/mol. The van der Waals surface area contributed by atoms with Crippen LogP contribution in [-0.4, -0.2) is 79.1 Å². The van der Waals surface area contributed by atoms with Gasteiger partial charge in [0.15, 0.2) is 0 Å². The Balaban J connectivity index is 1.41. The highest BCUT2D eigenvalue weighted by molar-refractivity contribution is 5.97. The first kappa shape index (κ1) is 19.9. The van der Waals surface area contributed by atoms with Crippen LogP contribution in [0.2, 0.25) is 0 Å². The number of methoxy groups -OCH3 is 1. The van der Waals surface area contributed by atoms with Crippen molar-refractivity contribution in [2.45, 2.75) is 44.6 Å². The van der Waals surface area contributed by atoms with E-state index in [1.807, 2.05) is 26.8 Å². The van der Waals surface area contributed by atoms with Gasteiger partial charge >= 0.3 is 6.03 Å². The number of benzene rings is 1. The van der Waals surface area contributed by atoms with E-state index >= 15 is 0 Å². The number of hydrogen-bond acceptors (Lipinski definition) is 4. The Labute approximate surface area is 172 Å². The van der Waals surface area contributed by atoms with Crippen LogP contribution < -0.4 is 9.47 Å². The second-order valence-corrected chi connectivity index (χ2v) is 8.14. The van der Waals surface area contributed by atoms with E-state index in [1.165, 1.54) is 0 Å². The number of urea groups is 1. The molecule has 1 aromatic rings. The van der Waals surface area contributed by atoms with E-state index in [0.29, 0.717) is 30.2 Å². The van der Waals surface area contributed by atoms with Crippen molar-refractivity contribution in [3.8, 4) is 11.5 Å². The number of carbonyl (C=O) groups is 2. The average molecular weight is 402 g/mol. The summed E-state index contributed by atoms with van der Waals surface area (Å²) >= 11 is 0. The highest BCUT2D eigenvalue weighted by atomic mass is 16.5. The van der Waals surface area contributed by atoms with E-state index < -0.39 is 0 Å². The zero-order valence-electron chi connectivity index (χ0n) is 17.3. The summed E-state index contributed by atoms with van der Waals surface area (Å²) in [5.74, 6) is 1.30. The van der Waals surface area contributed by atoms with Gasteiger partial charge in [-0.2, -0.15) is 0 Å². The fraction of sp³-hybridized carbons (Fsp3) is 0.636. The topological polar surface area (TPSA) is 62.3 Å². The highest BCUT2D eigenvalue weighted by Crippen LogP contribution is 2.30. The molecule has 0 saturated carbocycles. The molecule has 7 nitrogen and oxygen atoms in total. The molecule has 3 aliphatic heterocycles. The van der Waals surface area contributed by atoms with E-state index in [9.17, 15) is 9.59 Å². The molecule has 0 spiro atoms. The van der Waals surface area contributed by atoms with Gasteiger partial charge in [-0.15, -0.1) is 0 Å². The lowest BCUT2D eigenvalue weighted by Crippen LogP contribution is -2.47. The third-order valence-electron chi connectivity index (χ3n) is 6.20. The zero-order valence-corrected chi connectivity index (χ0v) is 17.3. The van der Waals surface area contributed by atoms with Crippen molar-refractivity contribution in [2.75, 3.05) is 46.4 Å². The fourth-order valence-corrected chi connectivity index (χ4v) is 4.45. The smallest absolute Gasteiger partial charge is 0.320 e. The molecule has 0 unspecified atom stereocenters.